The fourth-order valence-corrected chi connectivity index (χ4v) is 19.1. The highest BCUT2D eigenvalue weighted by Crippen LogP contribution is 2.49. The molecule has 9 amide bonds. The number of benzene rings is 5. The molecule has 0 saturated carbocycles. The van der Waals surface area contributed by atoms with E-state index in [0.29, 0.717) is 48.1 Å². The van der Waals surface area contributed by atoms with Gasteiger partial charge in [-0.2, -0.15) is 4.58 Å². The summed E-state index contributed by atoms with van der Waals surface area (Å²) in [5, 5.41) is 45.8. The number of hydrogen-bond acceptors (Lipinski definition) is 29. The summed E-state index contributed by atoms with van der Waals surface area (Å²) in [7, 11) is -7.77. The number of nitrogens with zero attached hydrogens (tertiary/aromatic N) is 4. The number of carbonyl (C=O) groups excluding carboxylic acids is 14. The second-order valence-electron chi connectivity index (χ2n) is 35.9. The number of imide groups is 1. The average molecular weight is 2000 g/mol. The lowest BCUT2D eigenvalue weighted by molar-refractivity contribution is -0.433. The molecule has 1 unspecified atom stereocenters. The number of nitrogens with two attached hydrogens (primary N) is 1. The van der Waals surface area contributed by atoms with Crippen LogP contribution in [0.1, 0.15) is 186 Å². The lowest BCUT2D eigenvalue weighted by atomic mass is 9.81. The third-order valence-corrected chi connectivity index (χ3v) is 27.2. The lowest BCUT2D eigenvalue weighted by Crippen LogP contribution is -2.49. The molecule has 1 aromatic heterocycles. The number of phenols is 1. The van der Waals surface area contributed by atoms with Gasteiger partial charge < -0.3 is 76.5 Å². The average Bonchev–Trinajstić information content (AvgIpc) is 1.73. The number of fused-ring (bicyclic) bond motifs is 4. The lowest BCUT2D eigenvalue weighted by Gasteiger charge is -2.27. The van der Waals surface area contributed by atoms with E-state index >= 15 is 0 Å². The maximum absolute atomic E-state index is 14.7. The molecule has 1 aliphatic carbocycles. The number of primary amides is 1. The Morgan fingerprint density at radius 3 is 2.08 bits per heavy atom. The highest BCUT2D eigenvalue weighted by Gasteiger charge is 2.46. The van der Waals surface area contributed by atoms with Gasteiger partial charge in [0.05, 0.1) is 63.8 Å². The molecule has 5 heterocycles. The van der Waals surface area contributed by atoms with Crippen molar-refractivity contribution < 1.29 is 127 Å². The Kier molecular flexibility index (Phi) is 39.5. The number of rotatable bonds is 52. The molecule has 5 aromatic rings. The number of para-hydroxylation sites is 1. The van der Waals surface area contributed by atoms with E-state index < -0.39 is 194 Å². The highest BCUT2D eigenvalue weighted by molar-refractivity contribution is 8.00. The summed E-state index contributed by atoms with van der Waals surface area (Å²) in [6, 6.07) is 20.0. The van der Waals surface area contributed by atoms with Crippen molar-refractivity contribution >= 4 is 149 Å². The van der Waals surface area contributed by atoms with Crippen LogP contribution in [0, 0.1) is 23.7 Å². The van der Waals surface area contributed by atoms with E-state index in [4.69, 9.17) is 27.5 Å². The van der Waals surface area contributed by atoms with Gasteiger partial charge in [-0.25, -0.2) is 13.4 Å². The Hall–Kier alpha value is -13.8. The number of hydrogen-bond donors (Lipinski definition) is 11. The minimum absolute atomic E-state index is 0.0116. The molecule has 4 aliphatic heterocycles. The van der Waals surface area contributed by atoms with E-state index in [1.807, 2.05) is 57.2 Å². The number of ether oxygens (including phenoxy) is 1. The zero-order valence-electron chi connectivity index (χ0n) is 79.7. The molecule has 4 aromatic carbocycles. The van der Waals surface area contributed by atoms with Gasteiger partial charge in [-0.15, -0.1) is 24.4 Å². The van der Waals surface area contributed by atoms with Crippen LogP contribution < -0.4 is 52.7 Å². The van der Waals surface area contributed by atoms with Crippen LogP contribution in [0.4, 0.5) is 11.4 Å². The minimum Gasteiger partial charge on any atom is -0.744 e. The second-order valence-corrected chi connectivity index (χ2v) is 39.0. The monoisotopic (exact) mass is 2000 g/mol. The van der Waals surface area contributed by atoms with E-state index in [2.05, 4.69) is 83.4 Å². The van der Waals surface area contributed by atoms with Gasteiger partial charge in [0.15, 0.2) is 34.3 Å². The van der Waals surface area contributed by atoms with Crippen molar-refractivity contribution in [3.05, 3.63) is 178 Å². The van der Waals surface area contributed by atoms with Crippen LogP contribution in [0.2, 0.25) is 0 Å². The minimum atomic E-state index is -4.66. The zero-order chi connectivity index (χ0) is 104. The number of anilines is 1. The molecule has 754 valence electrons. The molecule has 5 aliphatic rings. The van der Waals surface area contributed by atoms with Gasteiger partial charge in [0.25, 0.3) is 12.4 Å². The number of aromatic amines is 1. The quantitative estimate of drug-likeness (QED) is 0.00346. The van der Waals surface area contributed by atoms with Gasteiger partial charge in [-0.3, -0.25) is 81.6 Å². The summed E-state index contributed by atoms with van der Waals surface area (Å²) in [4.78, 5) is 224. The number of amides is 9. The van der Waals surface area contributed by atoms with Gasteiger partial charge >= 0.3 is 16.6 Å². The van der Waals surface area contributed by atoms with Crippen molar-refractivity contribution in [1.29, 1.82) is 0 Å². The van der Waals surface area contributed by atoms with E-state index in [0.717, 1.165) is 63.9 Å². The fourth-order valence-electron chi connectivity index (χ4n) is 17.4. The molecule has 12 N–H and O–H groups in total. The summed E-state index contributed by atoms with van der Waals surface area (Å²) in [5.41, 5.74) is 11.6. The highest BCUT2D eigenvalue weighted by atomic mass is 32.2. The number of nitrogens with one attached hydrogen (secondary N) is 7. The predicted molar refractivity (Wildman–Crippen MR) is 517 cm³/mol. The number of H-pyrrole nitrogens is 1. The second kappa shape index (κ2) is 50.3. The third kappa shape index (κ3) is 29.9. The van der Waals surface area contributed by atoms with Gasteiger partial charge in [0, 0.05) is 188 Å². The number of carboxylic acid groups (broad SMARTS) is 1. The standard InChI is InChI=1S/C99H118N12O24S2.O3S/c1-11-109-77-35-32-67(137(131,132)133)49-73(77)99(9,10)86(109)25-14-12-15-26-87-98(7,8)72-23-17-18-24-76(72)110(87)40-21-13-16-27-88(121)102-39-41-111-89(122)51-85(97(111)130)136-53-75(107-60(6)114)81(120)45-62(22-19-20-38-103-94(127)63-28-36-82(134-55-112)71(43-63)91-68-33-30-65(115)47-83(68)135-84-48-66(116)31-34-69(84)91)95(128)106-57(3)78(117)42-56(2)93(126)105-58(4)79(118)50-70(59(5)113)96(129)108-74(46-64-52-101-54-104-64)80(119)44-61(92(100)125)29-37-90(123)124;1-4(2)3/h12,14-15,17-18,23-26,28,30-36,43,47-49,52,54-59,61-62,70,74-75,85,113H,11,13,16,19-22,27,29,37-42,44-46,50-51,53H2,1-10H3,(H11-,100,101,102,103,104,105,106,107,108,114,115,116,121,123,124,125,126,127,128,129,131,132,133);/t56-,57+,58+,59-,61-,62-,70+,74+,75+,85?;/m0./s1. The number of likely N-dealkylation sites (tertiary alicyclic amines) is 1. The summed E-state index contributed by atoms with van der Waals surface area (Å²) in [6.45, 7) is 18.0. The normalized spacial score (nSPS) is 16.4. The first kappa shape index (κ1) is 111. The summed E-state index contributed by atoms with van der Waals surface area (Å²) < 4.78 is 74.7. The van der Waals surface area contributed by atoms with Crippen LogP contribution in [0.3, 0.4) is 0 Å². The van der Waals surface area contributed by atoms with Crippen molar-refractivity contribution in [2.45, 2.75) is 217 Å². The number of aliphatic hydroxyl groups is 1. The molecule has 10 atom stereocenters. The molecule has 0 radical (unpaired) electrons. The van der Waals surface area contributed by atoms with Crippen LogP contribution in [0.15, 0.2) is 160 Å². The number of aromatic nitrogens is 2. The van der Waals surface area contributed by atoms with Crippen LogP contribution in [0.5, 0.6) is 11.5 Å². The Morgan fingerprint density at radius 2 is 1.41 bits per heavy atom. The number of ketones is 4. The first-order chi connectivity index (χ1) is 66.6. The van der Waals surface area contributed by atoms with Crippen molar-refractivity contribution in [2.75, 3.05) is 43.4 Å². The number of imidazole rings is 1. The number of aliphatic hydroxyl groups excluding tert-OH is 1. The van der Waals surface area contributed by atoms with Crippen molar-refractivity contribution in [1.82, 2.24) is 46.8 Å². The number of phenolic OH excluding ortho intramolecular Hbond substituents is 1. The fraction of sp³-hybridized carbons (Fsp3) is 0.434. The van der Waals surface area contributed by atoms with Crippen molar-refractivity contribution in [2.24, 2.45) is 29.4 Å². The Labute approximate surface area is 819 Å². The topological polar surface area (TPSA) is 601 Å². The molecule has 141 heavy (non-hydrogen) atoms. The largest absolute Gasteiger partial charge is 0.744 e. The molecule has 1 fully saturated rings. The molecule has 1 saturated heterocycles. The number of allylic oxidation sites excluding steroid dienone is 6. The number of aliphatic carboxylic acids is 1. The van der Waals surface area contributed by atoms with Gasteiger partial charge in [0.2, 0.25) is 52.9 Å². The zero-order valence-corrected chi connectivity index (χ0v) is 82.2. The van der Waals surface area contributed by atoms with Gasteiger partial charge in [-0.05, 0) is 146 Å². The first-order valence-electron chi connectivity index (χ1n) is 46.0. The number of carbonyl (C=O) groups is 15. The predicted octanol–water partition coefficient (Wildman–Crippen LogP) is 7.05. The molecule has 0 bridgehead atoms. The third-order valence-electron chi connectivity index (χ3n) is 25.0. The van der Waals surface area contributed by atoms with Crippen LogP contribution in [-0.4, -0.2) is 229 Å². The van der Waals surface area contributed by atoms with Crippen molar-refractivity contribution in [3.8, 4) is 33.9 Å². The molecule has 10 rings (SSSR count). The number of thioether (sulfide) groups is 1. The smallest absolute Gasteiger partial charge is 0.425 e. The van der Waals surface area contributed by atoms with Gasteiger partial charge in [-0.1, -0.05) is 70.0 Å². The van der Waals surface area contributed by atoms with Gasteiger partial charge in [0.1, 0.15) is 39.5 Å². The molecule has 39 nitrogen and oxygen atoms in total. The van der Waals surface area contributed by atoms with Crippen molar-refractivity contribution in [3.63, 3.8) is 0 Å². The number of unbranched alkanes of at least 4 members (excludes halogenated alkanes) is 3. The van der Waals surface area contributed by atoms with Crippen LogP contribution in [-0.2, 0) is 105 Å². The molecular formula is C99H118N12O27S3. The van der Waals surface area contributed by atoms with E-state index in [9.17, 15) is 105 Å². The summed E-state index contributed by atoms with van der Waals surface area (Å²) >= 11 is 0.936. The Balaban J connectivity index is 0.00000544. The molecule has 42 heteroatoms. The van der Waals surface area contributed by atoms with Crippen LogP contribution >= 0.6 is 11.8 Å². The SMILES string of the molecule is CC[N+]1=C(/C=C/C=C/C=C2/N(CCCCCC(=O)NCCN3C(=O)CC(SC[C@@H](NC(C)=O)C(=O)C[C@H](CCCCNC(=O)c4ccc(OC=O)c(-c5c6ccc(=O)cc-6oc6cc(O)ccc56)c4)C(=O)N[C@H](C)C(=O)C[C@H](C)C(=O)N[C@H](C)C(=O)C[C@@H](C(=O)N[C@H](Cc4c[nH]cn4)C(=O)C[C@H](CCC(=O)O)C(N)=O)[C@H](C)O)C3=O)c3ccccc3C2(C)C)C(C)(C)c2cc(S(=O)(=O)[O-])ccc21.O=S(=O)=O. The number of Topliss-reactive ketones (excluding diaryl/α,β-unsaturated/α-hetero) is 4. The summed E-state index contributed by atoms with van der Waals surface area (Å²) in [5.74, 6) is -15.5. The van der Waals surface area contributed by atoms with E-state index in [1.54, 1.807) is 12.1 Å². The molecular weight excluding hydrogens is 1890 g/mol. The Morgan fingerprint density at radius 1 is 0.716 bits per heavy atom. The Bertz CT molecular complexity index is 6300. The molecule has 0 spiro atoms. The maximum Gasteiger partial charge on any atom is 0.425 e. The van der Waals surface area contributed by atoms with E-state index in [-0.39, 0.29) is 132 Å². The number of carboxylic acids is 1. The van der Waals surface area contributed by atoms with E-state index in [1.165, 1.54) is 101 Å². The number of aromatic hydroxyl groups is 1. The van der Waals surface area contributed by atoms with Crippen LogP contribution in [0.25, 0.3) is 33.4 Å². The summed E-state index contributed by atoms with van der Waals surface area (Å²) in [6.07, 6.45) is 10.1. The first-order valence-corrected chi connectivity index (χ1v) is 49.5. The maximum atomic E-state index is 14.7.